The van der Waals surface area contributed by atoms with Gasteiger partial charge in [0.05, 0.1) is 0 Å². The van der Waals surface area contributed by atoms with Crippen LogP contribution in [0.3, 0.4) is 0 Å². The first-order valence-corrected chi connectivity index (χ1v) is 5.82. The van der Waals surface area contributed by atoms with Crippen molar-refractivity contribution in [1.82, 2.24) is 0 Å². The largest absolute Gasteiger partial charge is 0.0629 e. The minimum absolute atomic E-state index is 1.16. The molecule has 1 aromatic rings. The number of benzene rings is 1. The highest BCUT2D eigenvalue weighted by Crippen LogP contribution is 2.34. The molecule has 0 atom stereocenters. The molecule has 0 heteroatoms. The van der Waals surface area contributed by atoms with Crippen molar-refractivity contribution in [1.29, 1.82) is 0 Å². The number of allylic oxidation sites excluding steroid dienone is 4. The van der Waals surface area contributed by atoms with Crippen molar-refractivity contribution in [2.75, 3.05) is 0 Å². The van der Waals surface area contributed by atoms with Crippen molar-refractivity contribution in [3.05, 3.63) is 53.1 Å². The summed E-state index contributed by atoms with van der Waals surface area (Å²) < 4.78 is 0. The summed E-state index contributed by atoms with van der Waals surface area (Å²) in [5.74, 6) is 0. The van der Waals surface area contributed by atoms with E-state index in [2.05, 4.69) is 50.3 Å². The molecule has 2 rings (SSSR count). The standard InChI is InChI=1S/C15H18/c1-3-12-10-15(11-13(12)4-2)14-8-6-5-7-9-14/h5-10H,3-4,11H2,1-2H3. The fourth-order valence-corrected chi connectivity index (χ4v) is 2.25. The zero-order chi connectivity index (χ0) is 10.7. The van der Waals surface area contributed by atoms with Crippen LogP contribution in [0.2, 0.25) is 0 Å². The molecule has 0 heterocycles. The highest BCUT2D eigenvalue weighted by atomic mass is 14.2. The lowest BCUT2D eigenvalue weighted by Gasteiger charge is -2.03. The summed E-state index contributed by atoms with van der Waals surface area (Å²) >= 11 is 0. The Morgan fingerprint density at radius 2 is 1.73 bits per heavy atom. The Morgan fingerprint density at radius 1 is 1.00 bits per heavy atom. The van der Waals surface area contributed by atoms with E-state index in [9.17, 15) is 0 Å². The van der Waals surface area contributed by atoms with E-state index in [1.165, 1.54) is 24.0 Å². The van der Waals surface area contributed by atoms with Crippen molar-refractivity contribution in [2.24, 2.45) is 0 Å². The van der Waals surface area contributed by atoms with Gasteiger partial charge in [-0.25, -0.2) is 0 Å². The van der Waals surface area contributed by atoms with Crippen LogP contribution in [0.15, 0.2) is 47.6 Å². The molecule has 0 unspecified atom stereocenters. The van der Waals surface area contributed by atoms with Gasteiger partial charge in [0.25, 0.3) is 0 Å². The smallest absolute Gasteiger partial charge is 0.00553 e. The second-order valence-corrected chi connectivity index (χ2v) is 4.05. The molecule has 0 fully saturated rings. The molecule has 0 nitrogen and oxygen atoms in total. The third-order valence-corrected chi connectivity index (χ3v) is 3.16. The van der Waals surface area contributed by atoms with Crippen molar-refractivity contribution in [3.8, 4) is 0 Å². The van der Waals surface area contributed by atoms with E-state index in [1.54, 1.807) is 11.1 Å². The Hall–Kier alpha value is -1.30. The second-order valence-electron chi connectivity index (χ2n) is 4.05. The quantitative estimate of drug-likeness (QED) is 0.666. The molecule has 1 aliphatic rings. The average Bonchev–Trinajstić information content (AvgIpc) is 2.73. The van der Waals surface area contributed by atoms with Crippen LogP contribution in [0.5, 0.6) is 0 Å². The van der Waals surface area contributed by atoms with Crippen LogP contribution >= 0.6 is 0 Å². The lowest BCUT2D eigenvalue weighted by Crippen LogP contribution is -1.82. The average molecular weight is 198 g/mol. The molecular formula is C15H18. The Morgan fingerprint density at radius 3 is 2.27 bits per heavy atom. The summed E-state index contributed by atoms with van der Waals surface area (Å²) in [6.45, 7) is 4.50. The molecule has 0 aliphatic heterocycles. The van der Waals surface area contributed by atoms with Crippen LogP contribution in [-0.2, 0) is 0 Å². The fourth-order valence-electron chi connectivity index (χ4n) is 2.25. The highest BCUT2D eigenvalue weighted by molar-refractivity contribution is 5.74. The lowest BCUT2D eigenvalue weighted by atomic mass is 10.0. The third kappa shape index (κ3) is 2.04. The Balaban J connectivity index is 2.24. The summed E-state index contributed by atoms with van der Waals surface area (Å²) in [4.78, 5) is 0. The highest BCUT2D eigenvalue weighted by Gasteiger charge is 2.13. The van der Waals surface area contributed by atoms with Crippen molar-refractivity contribution >= 4 is 5.57 Å². The van der Waals surface area contributed by atoms with Gasteiger partial charge in [-0.15, -0.1) is 0 Å². The number of rotatable bonds is 3. The van der Waals surface area contributed by atoms with Crippen LogP contribution in [-0.4, -0.2) is 0 Å². The SMILES string of the molecule is CCC1=C(CC)CC(c2ccccc2)=C1. The van der Waals surface area contributed by atoms with Crippen LogP contribution in [0, 0.1) is 0 Å². The summed E-state index contributed by atoms with van der Waals surface area (Å²) in [7, 11) is 0. The van der Waals surface area contributed by atoms with Gasteiger partial charge in [0.1, 0.15) is 0 Å². The van der Waals surface area contributed by atoms with Crippen LogP contribution < -0.4 is 0 Å². The molecule has 1 aliphatic carbocycles. The minimum Gasteiger partial charge on any atom is -0.0629 e. The Bertz CT molecular complexity index is 393. The van der Waals surface area contributed by atoms with E-state index in [1.807, 2.05) is 0 Å². The minimum atomic E-state index is 1.16. The molecule has 0 spiro atoms. The van der Waals surface area contributed by atoms with Gasteiger partial charge in [-0.1, -0.05) is 55.8 Å². The molecule has 0 radical (unpaired) electrons. The van der Waals surface area contributed by atoms with E-state index in [0.717, 1.165) is 6.42 Å². The monoisotopic (exact) mass is 198 g/mol. The molecule has 0 saturated heterocycles. The fraction of sp³-hybridized carbons (Fsp3) is 0.333. The van der Waals surface area contributed by atoms with Crippen molar-refractivity contribution in [2.45, 2.75) is 33.1 Å². The van der Waals surface area contributed by atoms with E-state index in [-0.39, 0.29) is 0 Å². The molecule has 0 saturated carbocycles. The van der Waals surface area contributed by atoms with Gasteiger partial charge >= 0.3 is 0 Å². The maximum absolute atomic E-state index is 2.38. The van der Waals surface area contributed by atoms with Crippen LogP contribution in [0.25, 0.3) is 5.57 Å². The Labute approximate surface area is 92.3 Å². The molecule has 0 N–H and O–H groups in total. The van der Waals surface area contributed by atoms with Crippen molar-refractivity contribution < 1.29 is 0 Å². The maximum atomic E-state index is 2.38. The summed E-state index contributed by atoms with van der Waals surface area (Å²) in [5.41, 5.74) is 6.05. The van der Waals surface area contributed by atoms with Gasteiger partial charge in [0, 0.05) is 0 Å². The van der Waals surface area contributed by atoms with E-state index >= 15 is 0 Å². The normalized spacial score (nSPS) is 15.7. The van der Waals surface area contributed by atoms with Gasteiger partial charge in [-0.3, -0.25) is 0 Å². The van der Waals surface area contributed by atoms with Gasteiger partial charge in [0.15, 0.2) is 0 Å². The molecule has 0 bridgehead atoms. The van der Waals surface area contributed by atoms with Crippen LogP contribution in [0.1, 0.15) is 38.7 Å². The predicted molar refractivity (Wildman–Crippen MR) is 66.6 cm³/mol. The van der Waals surface area contributed by atoms with E-state index in [4.69, 9.17) is 0 Å². The molecule has 15 heavy (non-hydrogen) atoms. The third-order valence-electron chi connectivity index (χ3n) is 3.16. The van der Waals surface area contributed by atoms with Gasteiger partial charge in [0.2, 0.25) is 0 Å². The number of hydrogen-bond acceptors (Lipinski definition) is 0. The maximum Gasteiger partial charge on any atom is -0.00553 e. The first-order valence-electron chi connectivity index (χ1n) is 5.82. The van der Waals surface area contributed by atoms with Crippen molar-refractivity contribution in [3.63, 3.8) is 0 Å². The summed E-state index contributed by atoms with van der Waals surface area (Å²) in [6.07, 6.45) is 5.90. The Kier molecular flexibility index (Phi) is 3.05. The molecule has 0 amide bonds. The molecule has 78 valence electrons. The molecular weight excluding hydrogens is 180 g/mol. The zero-order valence-corrected chi connectivity index (χ0v) is 9.59. The second kappa shape index (κ2) is 4.48. The van der Waals surface area contributed by atoms with Gasteiger partial charge in [-0.05, 0) is 36.0 Å². The molecule has 1 aromatic carbocycles. The predicted octanol–water partition coefficient (Wildman–Crippen LogP) is 4.59. The van der Waals surface area contributed by atoms with E-state index in [0.29, 0.717) is 0 Å². The zero-order valence-electron chi connectivity index (χ0n) is 9.59. The summed E-state index contributed by atoms with van der Waals surface area (Å²) in [5, 5.41) is 0. The molecule has 0 aromatic heterocycles. The first kappa shape index (κ1) is 10.2. The van der Waals surface area contributed by atoms with Gasteiger partial charge < -0.3 is 0 Å². The van der Waals surface area contributed by atoms with Gasteiger partial charge in [-0.2, -0.15) is 0 Å². The first-order chi connectivity index (χ1) is 7.35. The van der Waals surface area contributed by atoms with E-state index < -0.39 is 0 Å². The topological polar surface area (TPSA) is 0 Å². The van der Waals surface area contributed by atoms with Crippen LogP contribution in [0.4, 0.5) is 0 Å². The summed E-state index contributed by atoms with van der Waals surface area (Å²) in [6, 6.07) is 10.7. The lowest BCUT2D eigenvalue weighted by molar-refractivity contribution is 1.00. The number of hydrogen-bond donors (Lipinski definition) is 0.